The van der Waals surface area contributed by atoms with E-state index in [1.807, 2.05) is 0 Å². The summed E-state index contributed by atoms with van der Waals surface area (Å²) in [7, 11) is 0. The minimum atomic E-state index is -0.992. The van der Waals surface area contributed by atoms with E-state index in [1.165, 1.54) is 12.1 Å². The van der Waals surface area contributed by atoms with Gasteiger partial charge in [0.1, 0.15) is 5.75 Å². The van der Waals surface area contributed by atoms with E-state index in [0.717, 1.165) is 11.3 Å². The van der Waals surface area contributed by atoms with Crippen LogP contribution in [0.25, 0.3) is 0 Å². The Kier molecular flexibility index (Phi) is 3.86. The molecule has 0 radical (unpaired) electrons. The summed E-state index contributed by atoms with van der Waals surface area (Å²) in [6, 6.07) is 6.01. The molecule has 0 amide bonds. The molecule has 1 heterocycles. The molecular formula is C12H11NO5S. The van der Waals surface area contributed by atoms with Crippen LogP contribution in [0.3, 0.4) is 0 Å². The standard InChI is InChI=1S/C12H11NO5S/c14-10-9(19-12(17)13-10)5-6-18-8-3-1-7(2-4-8)11(15)16/h1-4,14H,5-6H2,(H,13,17)(H,15,16). The molecule has 100 valence electrons. The fourth-order valence-electron chi connectivity index (χ4n) is 1.48. The molecule has 0 atom stereocenters. The summed E-state index contributed by atoms with van der Waals surface area (Å²) in [5.41, 5.74) is 0.189. The van der Waals surface area contributed by atoms with Crippen LogP contribution in [-0.2, 0) is 6.42 Å². The molecule has 0 fully saturated rings. The molecule has 2 rings (SSSR count). The van der Waals surface area contributed by atoms with Gasteiger partial charge in [-0.1, -0.05) is 11.3 Å². The first kappa shape index (κ1) is 13.2. The largest absolute Gasteiger partial charge is 0.494 e. The molecule has 0 aliphatic rings. The average Bonchev–Trinajstić information content (AvgIpc) is 2.68. The molecule has 0 aliphatic heterocycles. The Bertz CT molecular complexity index is 628. The van der Waals surface area contributed by atoms with E-state index in [0.29, 0.717) is 17.0 Å². The number of carboxylic acid groups (broad SMARTS) is 1. The number of carbonyl (C=O) groups is 1. The van der Waals surface area contributed by atoms with Gasteiger partial charge in [0.2, 0.25) is 5.88 Å². The van der Waals surface area contributed by atoms with Crippen LogP contribution in [-0.4, -0.2) is 27.8 Å². The number of hydrogen-bond acceptors (Lipinski definition) is 5. The second kappa shape index (κ2) is 5.57. The first-order chi connectivity index (χ1) is 9.06. The number of aromatic hydroxyl groups is 1. The molecule has 3 N–H and O–H groups in total. The van der Waals surface area contributed by atoms with E-state index in [2.05, 4.69) is 4.98 Å². The average molecular weight is 281 g/mol. The van der Waals surface area contributed by atoms with Gasteiger partial charge in [-0.2, -0.15) is 0 Å². The highest BCUT2D eigenvalue weighted by Gasteiger charge is 2.07. The number of H-pyrrole nitrogens is 1. The zero-order valence-corrected chi connectivity index (χ0v) is 10.6. The highest BCUT2D eigenvalue weighted by molar-refractivity contribution is 7.09. The number of benzene rings is 1. The van der Waals surface area contributed by atoms with Crippen LogP contribution in [0, 0.1) is 0 Å². The minimum absolute atomic E-state index is 0.125. The van der Waals surface area contributed by atoms with Crippen molar-refractivity contribution in [3.8, 4) is 11.6 Å². The summed E-state index contributed by atoms with van der Waals surface area (Å²) < 4.78 is 5.40. The van der Waals surface area contributed by atoms with Crippen molar-refractivity contribution in [1.29, 1.82) is 0 Å². The van der Waals surface area contributed by atoms with Crippen LogP contribution >= 0.6 is 11.3 Å². The van der Waals surface area contributed by atoms with Crippen molar-refractivity contribution in [1.82, 2.24) is 4.98 Å². The van der Waals surface area contributed by atoms with E-state index in [-0.39, 0.29) is 22.9 Å². The van der Waals surface area contributed by atoms with E-state index in [9.17, 15) is 14.7 Å². The van der Waals surface area contributed by atoms with E-state index in [1.54, 1.807) is 12.1 Å². The van der Waals surface area contributed by atoms with Gasteiger partial charge >= 0.3 is 10.8 Å². The molecule has 0 saturated carbocycles. The Morgan fingerprint density at radius 2 is 2.00 bits per heavy atom. The third kappa shape index (κ3) is 3.35. The van der Waals surface area contributed by atoms with Gasteiger partial charge in [-0.3, -0.25) is 9.78 Å². The topological polar surface area (TPSA) is 99.6 Å². The Hall–Kier alpha value is -2.28. The van der Waals surface area contributed by atoms with Crippen LogP contribution in [0.1, 0.15) is 15.2 Å². The zero-order chi connectivity index (χ0) is 13.8. The number of nitrogens with one attached hydrogen (secondary N) is 1. The van der Waals surface area contributed by atoms with Crippen molar-refractivity contribution in [2.24, 2.45) is 0 Å². The smallest absolute Gasteiger partial charge is 0.335 e. The van der Waals surface area contributed by atoms with Crippen molar-refractivity contribution in [3.63, 3.8) is 0 Å². The quantitative estimate of drug-likeness (QED) is 0.770. The third-order valence-corrected chi connectivity index (χ3v) is 3.33. The Balaban J connectivity index is 1.90. The number of aromatic amines is 1. The first-order valence-electron chi connectivity index (χ1n) is 5.43. The molecule has 1 aromatic carbocycles. The minimum Gasteiger partial charge on any atom is -0.494 e. The molecule has 6 nitrogen and oxygen atoms in total. The van der Waals surface area contributed by atoms with Crippen molar-refractivity contribution in [3.05, 3.63) is 44.4 Å². The molecule has 1 aromatic heterocycles. The van der Waals surface area contributed by atoms with Gasteiger partial charge in [-0.05, 0) is 24.3 Å². The van der Waals surface area contributed by atoms with E-state index >= 15 is 0 Å². The van der Waals surface area contributed by atoms with Crippen LogP contribution in [0.4, 0.5) is 0 Å². The number of hydrogen-bond donors (Lipinski definition) is 3. The van der Waals surface area contributed by atoms with Crippen molar-refractivity contribution in [2.45, 2.75) is 6.42 Å². The summed E-state index contributed by atoms with van der Waals surface area (Å²) >= 11 is 0.937. The first-order valence-corrected chi connectivity index (χ1v) is 6.25. The van der Waals surface area contributed by atoms with Gasteiger partial charge in [-0.15, -0.1) is 0 Å². The fourth-order valence-corrected chi connectivity index (χ4v) is 2.18. The second-order valence-corrected chi connectivity index (χ2v) is 4.78. The van der Waals surface area contributed by atoms with E-state index in [4.69, 9.17) is 9.84 Å². The van der Waals surface area contributed by atoms with Crippen LogP contribution < -0.4 is 9.61 Å². The fraction of sp³-hybridized carbons (Fsp3) is 0.167. The SMILES string of the molecule is O=C(O)c1ccc(OCCc2sc(=O)[nH]c2O)cc1. The number of rotatable bonds is 5. The lowest BCUT2D eigenvalue weighted by atomic mass is 10.2. The van der Waals surface area contributed by atoms with Crippen molar-refractivity contribution < 1.29 is 19.7 Å². The predicted molar refractivity (Wildman–Crippen MR) is 69.2 cm³/mol. The number of carboxylic acids is 1. The molecule has 0 spiro atoms. The maximum atomic E-state index is 11.0. The van der Waals surface area contributed by atoms with Crippen molar-refractivity contribution >= 4 is 17.3 Å². The van der Waals surface area contributed by atoms with Crippen molar-refractivity contribution in [2.75, 3.05) is 6.61 Å². The lowest BCUT2D eigenvalue weighted by molar-refractivity contribution is 0.0697. The molecule has 2 aromatic rings. The Morgan fingerprint density at radius 1 is 1.32 bits per heavy atom. The third-order valence-electron chi connectivity index (χ3n) is 2.40. The molecule has 0 saturated heterocycles. The monoisotopic (exact) mass is 281 g/mol. The number of aromatic carboxylic acids is 1. The summed E-state index contributed by atoms with van der Waals surface area (Å²) in [5, 5.41) is 18.1. The summed E-state index contributed by atoms with van der Waals surface area (Å²) in [5.74, 6) is -0.583. The van der Waals surface area contributed by atoms with Crippen LogP contribution in [0.5, 0.6) is 11.6 Å². The highest BCUT2D eigenvalue weighted by Crippen LogP contribution is 2.17. The Morgan fingerprint density at radius 3 is 2.53 bits per heavy atom. The molecule has 19 heavy (non-hydrogen) atoms. The zero-order valence-electron chi connectivity index (χ0n) is 9.75. The van der Waals surface area contributed by atoms with Gasteiger partial charge in [0.15, 0.2) is 0 Å². The molecule has 7 heteroatoms. The lowest BCUT2D eigenvalue weighted by Crippen LogP contribution is -2.01. The number of ether oxygens (including phenoxy) is 1. The van der Waals surface area contributed by atoms with Gasteiger partial charge in [0.25, 0.3) is 0 Å². The Labute approximate surface area is 111 Å². The summed E-state index contributed by atoms with van der Waals surface area (Å²) in [6.45, 7) is 0.285. The lowest BCUT2D eigenvalue weighted by Gasteiger charge is -2.05. The van der Waals surface area contributed by atoms with Gasteiger partial charge in [0.05, 0.1) is 17.0 Å². The predicted octanol–water partition coefficient (Wildman–Crippen LogP) is 1.46. The maximum Gasteiger partial charge on any atom is 0.335 e. The number of thiazole rings is 1. The van der Waals surface area contributed by atoms with Gasteiger partial charge < -0.3 is 14.9 Å². The van der Waals surface area contributed by atoms with Gasteiger partial charge in [-0.25, -0.2) is 4.79 Å². The van der Waals surface area contributed by atoms with Crippen LogP contribution in [0.15, 0.2) is 29.1 Å². The van der Waals surface area contributed by atoms with E-state index < -0.39 is 5.97 Å². The van der Waals surface area contributed by atoms with Crippen LogP contribution in [0.2, 0.25) is 0 Å². The molecule has 0 unspecified atom stereocenters. The normalized spacial score (nSPS) is 10.3. The maximum absolute atomic E-state index is 11.0. The summed E-state index contributed by atoms with van der Waals surface area (Å²) in [4.78, 5) is 24.1. The highest BCUT2D eigenvalue weighted by atomic mass is 32.1. The second-order valence-electron chi connectivity index (χ2n) is 3.71. The molecular weight excluding hydrogens is 270 g/mol. The molecule has 0 bridgehead atoms. The van der Waals surface area contributed by atoms with Gasteiger partial charge in [0, 0.05) is 6.42 Å². The number of aromatic nitrogens is 1. The molecule has 0 aliphatic carbocycles. The summed E-state index contributed by atoms with van der Waals surface area (Å²) in [6.07, 6.45) is 0.399.